The van der Waals surface area contributed by atoms with Gasteiger partial charge in [0.2, 0.25) is 0 Å². The largest absolute Gasteiger partial charge is 0.379 e. The van der Waals surface area contributed by atoms with Gasteiger partial charge in [-0.3, -0.25) is 24.2 Å². The van der Waals surface area contributed by atoms with Crippen LogP contribution in [0.2, 0.25) is 0 Å². The fourth-order valence-electron chi connectivity index (χ4n) is 5.38. The molecule has 0 radical (unpaired) electrons. The highest BCUT2D eigenvalue weighted by Crippen LogP contribution is 2.30. The van der Waals surface area contributed by atoms with Gasteiger partial charge in [-0.25, -0.2) is 0 Å². The lowest BCUT2D eigenvalue weighted by atomic mass is 9.89. The first-order valence-electron chi connectivity index (χ1n) is 12.9. The topological polar surface area (TPSA) is 76.2 Å². The number of hydrogen-bond donors (Lipinski definition) is 0. The summed E-state index contributed by atoms with van der Waals surface area (Å²) < 4.78 is 12.6. The second kappa shape index (κ2) is 10.0. The van der Waals surface area contributed by atoms with Crippen LogP contribution in [0.25, 0.3) is 20.2 Å². The smallest absolute Gasteiger partial charge is 0.195 e. The normalized spacial score (nSPS) is 18.4. The van der Waals surface area contributed by atoms with Crippen LogP contribution in [0.4, 0.5) is 0 Å². The van der Waals surface area contributed by atoms with Gasteiger partial charge in [0, 0.05) is 57.5 Å². The van der Waals surface area contributed by atoms with E-state index < -0.39 is 11.1 Å². The van der Waals surface area contributed by atoms with Crippen LogP contribution < -0.4 is 5.43 Å². The molecule has 3 heterocycles. The predicted octanol–water partition coefficient (Wildman–Crippen LogP) is 4.00. The molecule has 37 heavy (non-hydrogen) atoms. The lowest BCUT2D eigenvalue weighted by Crippen LogP contribution is -2.54. The van der Waals surface area contributed by atoms with Crippen molar-refractivity contribution in [3.05, 3.63) is 57.7 Å². The van der Waals surface area contributed by atoms with Crippen LogP contribution in [-0.2, 0) is 9.47 Å². The van der Waals surface area contributed by atoms with Crippen molar-refractivity contribution < 1.29 is 19.1 Å². The van der Waals surface area contributed by atoms with Crippen LogP contribution in [-0.4, -0.2) is 85.1 Å². The van der Waals surface area contributed by atoms with Gasteiger partial charge in [-0.15, -0.1) is 11.3 Å². The van der Waals surface area contributed by atoms with Gasteiger partial charge in [0.15, 0.2) is 17.0 Å². The number of fused-ring (bicyclic) bond motifs is 2. The van der Waals surface area contributed by atoms with E-state index in [0.29, 0.717) is 74.5 Å². The summed E-state index contributed by atoms with van der Waals surface area (Å²) >= 11 is 1.50. The summed E-state index contributed by atoms with van der Waals surface area (Å²) in [7, 11) is 0. The molecule has 0 amide bonds. The van der Waals surface area contributed by atoms with E-state index in [9.17, 15) is 14.4 Å². The summed E-state index contributed by atoms with van der Waals surface area (Å²) in [5, 5.41) is 1.02. The highest BCUT2D eigenvalue weighted by Gasteiger charge is 2.37. The first-order valence-corrected chi connectivity index (χ1v) is 13.7. The molecular formula is C29H34N2O5S. The molecule has 2 fully saturated rings. The lowest BCUT2D eigenvalue weighted by Gasteiger charge is -2.39. The number of rotatable bonds is 6. The maximum atomic E-state index is 13.7. The van der Waals surface area contributed by atoms with Crippen molar-refractivity contribution in [1.29, 1.82) is 0 Å². The molecule has 7 nitrogen and oxygen atoms in total. The molecule has 0 atom stereocenters. The van der Waals surface area contributed by atoms with Gasteiger partial charge >= 0.3 is 0 Å². The maximum Gasteiger partial charge on any atom is 0.195 e. The van der Waals surface area contributed by atoms with Crippen LogP contribution in [0.3, 0.4) is 0 Å². The standard InChI is InChI=1S/C29H34N2O5S/c1-28(2,30-9-13-35-14-10-30)26(33)19-5-7-23-21(17-19)25(32)22-18-20(6-8-24(22)37-23)27(34)29(3,4)31-11-15-36-16-12-31/h5-8,17-18H,9-16H2,1-4H3. The molecule has 0 saturated carbocycles. The van der Waals surface area contributed by atoms with Gasteiger partial charge in [0.25, 0.3) is 0 Å². The van der Waals surface area contributed by atoms with Crippen molar-refractivity contribution in [1.82, 2.24) is 9.80 Å². The molecule has 196 valence electrons. The zero-order valence-electron chi connectivity index (χ0n) is 22.0. The average Bonchev–Trinajstić information content (AvgIpc) is 2.93. The molecular weight excluding hydrogens is 488 g/mol. The summed E-state index contributed by atoms with van der Waals surface area (Å²) in [5.41, 5.74) is -0.514. The van der Waals surface area contributed by atoms with E-state index in [4.69, 9.17) is 9.47 Å². The highest BCUT2D eigenvalue weighted by atomic mass is 32.1. The maximum absolute atomic E-state index is 13.7. The van der Waals surface area contributed by atoms with E-state index in [0.717, 1.165) is 9.40 Å². The molecule has 8 heteroatoms. The highest BCUT2D eigenvalue weighted by molar-refractivity contribution is 7.24. The number of ether oxygens (including phenoxy) is 2. The fraction of sp³-hybridized carbons (Fsp3) is 0.483. The first-order chi connectivity index (χ1) is 17.6. The predicted molar refractivity (Wildman–Crippen MR) is 147 cm³/mol. The van der Waals surface area contributed by atoms with Gasteiger partial charge in [0.05, 0.1) is 37.5 Å². The second-order valence-corrected chi connectivity index (χ2v) is 11.9. The van der Waals surface area contributed by atoms with E-state index in [2.05, 4.69) is 9.80 Å². The van der Waals surface area contributed by atoms with Crippen molar-refractivity contribution in [3.63, 3.8) is 0 Å². The Hall–Kier alpha value is -2.49. The van der Waals surface area contributed by atoms with Gasteiger partial charge < -0.3 is 9.47 Å². The van der Waals surface area contributed by atoms with Crippen LogP contribution >= 0.6 is 11.3 Å². The van der Waals surface area contributed by atoms with Crippen LogP contribution in [0.1, 0.15) is 48.4 Å². The Kier molecular flexibility index (Phi) is 7.06. The van der Waals surface area contributed by atoms with E-state index in [1.54, 1.807) is 12.1 Å². The Morgan fingerprint density at radius 3 is 1.46 bits per heavy atom. The number of carbonyl (C=O) groups excluding carboxylic acids is 2. The summed E-state index contributed by atoms with van der Waals surface area (Å²) in [5.74, 6) is -0.0334. The zero-order valence-corrected chi connectivity index (χ0v) is 22.8. The van der Waals surface area contributed by atoms with Crippen molar-refractivity contribution in [2.24, 2.45) is 0 Å². The molecule has 0 aliphatic carbocycles. The minimum Gasteiger partial charge on any atom is -0.379 e. The zero-order chi connectivity index (χ0) is 26.4. The third-order valence-electron chi connectivity index (χ3n) is 7.91. The van der Waals surface area contributed by atoms with Crippen molar-refractivity contribution in [2.75, 3.05) is 52.6 Å². The minimum atomic E-state index is -0.703. The van der Waals surface area contributed by atoms with Crippen LogP contribution in [0, 0.1) is 0 Å². The van der Waals surface area contributed by atoms with Crippen LogP contribution in [0.15, 0.2) is 41.2 Å². The lowest BCUT2D eigenvalue weighted by molar-refractivity contribution is -0.00442. The molecule has 2 aliphatic heterocycles. The minimum absolute atomic E-state index is 0.0167. The summed E-state index contributed by atoms with van der Waals surface area (Å²) in [6, 6.07) is 10.8. The molecule has 0 unspecified atom stereocenters. The van der Waals surface area contributed by atoms with Crippen molar-refractivity contribution >= 4 is 43.1 Å². The average molecular weight is 523 g/mol. The molecule has 5 rings (SSSR count). The quantitative estimate of drug-likeness (QED) is 0.358. The number of ketones is 2. The number of nitrogens with zero attached hydrogens (tertiary/aromatic N) is 2. The Morgan fingerprint density at radius 1 is 0.703 bits per heavy atom. The van der Waals surface area contributed by atoms with Crippen molar-refractivity contribution in [3.8, 4) is 0 Å². The van der Waals surface area contributed by atoms with E-state index >= 15 is 0 Å². The van der Waals surface area contributed by atoms with E-state index in [1.807, 2.05) is 52.0 Å². The Bertz CT molecular complexity index is 1310. The molecule has 2 aromatic carbocycles. The molecule has 2 aliphatic rings. The third kappa shape index (κ3) is 4.77. The molecule has 3 aromatic rings. The molecule has 0 spiro atoms. The van der Waals surface area contributed by atoms with Gasteiger partial charge in [0.1, 0.15) is 0 Å². The summed E-state index contributed by atoms with van der Waals surface area (Å²) in [4.78, 5) is 45.0. The number of hydrogen-bond acceptors (Lipinski definition) is 8. The molecule has 0 N–H and O–H groups in total. The number of morpholine rings is 2. The second-order valence-electron chi connectivity index (χ2n) is 10.8. The van der Waals surface area contributed by atoms with Crippen molar-refractivity contribution in [2.45, 2.75) is 38.8 Å². The fourth-order valence-corrected chi connectivity index (χ4v) is 6.41. The first kappa shape index (κ1) is 26.1. The number of carbonyl (C=O) groups is 2. The SMILES string of the molecule is CC(C)(C(=O)c1ccc2sc3ccc(C(=O)C(C)(C)N4CCOCC4)cc3c(=O)c2c1)N1CCOCC1. The number of benzene rings is 2. The number of Topliss-reactive ketones (excluding diaryl/α,β-unsaturated/α-hetero) is 2. The molecule has 0 bridgehead atoms. The Balaban J connectivity index is 1.52. The van der Waals surface area contributed by atoms with Gasteiger partial charge in [-0.05, 0) is 64.1 Å². The molecule has 2 saturated heterocycles. The summed E-state index contributed by atoms with van der Waals surface area (Å²) in [6.45, 7) is 12.9. The van der Waals surface area contributed by atoms with Gasteiger partial charge in [-0.2, -0.15) is 0 Å². The monoisotopic (exact) mass is 522 g/mol. The summed E-state index contributed by atoms with van der Waals surface area (Å²) in [6.07, 6.45) is 0. The van der Waals surface area contributed by atoms with Crippen LogP contribution in [0.5, 0.6) is 0 Å². The van der Waals surface area contributed by atoms with Gasteiger partial charge in [-0.1, -0.05) is 0 Å². The third-order valence-corrected chi connectivity index (χ3v) is 9.06. The van der Waals surface area contributed by atoms with E-state index in [-0.39, 0.29) is 17.0 Å². The Morgan fingerprint density at radius 2 is 1.08 bits per heavy atom. The van der Waals surface area contributed by atoms with E-state index in [1.165, 1.54) is 11.3 Å². The Labute approximate surface area is 221 Å². The molecule has 1 aromatic heterocycles.